The van der Waals surface area contributed by atoms with Crippen molar-refractivity contribution in [3.8, 4) is 0 Å². The third-order valence-electron chi connectivity index (χ3n) is 2.60. The summed E-state index contributed by atoms with van der Waals surface area (Å²) in [6.07, 6.45) is 5.63. The fourth-order valence-corrected chi connectivity index (χ4v) is 1.54. The Bertz CT molecular complexity index is 516. The fraction of sp³-hybridized carbons (Fsp3) is 0.417. The fourth-order valence-electron chi connectivity index (χ4n) is 1.54. The smallest absolute Gasteiger partial charge is 0.272 e. The first kappa shape index (κ1) is 15.5. The number of non-ortho nitro benzene ring substituents is 1. The second-order valence-electron chi connectivity index (χ2n) is 4.13. The topological polar surface area (TPSA) is 111 Å². The van der Waals surface area contributed by atoms with Gasteiger partial charge in [0.2, 0.25) is 0 Å². The molecule has 0 radical (unpaired) electrons. The number of nitro groups is 2. The number of rotatable bonds is 8. The Morgan fingerprint density at radius 3 is 2.60 bits per heavy atom. The van der Waals surface area contributed by atoms with Crippen LogP contribution in [0.15, 0.2) is 23.3 Å². The molecular weight excluding hydrogens is 264 g/mol. The molecule has 1 aromatic rings. The zero-order valence-corrected chi connectivity index (χ0v) is 11.1. The van der Waals surface area contributed by atoms with E-state index >= 15 is 0 Å². The molecule has 8 heteroatoms. The molecule has 0 unspecified atom stereocenters. The molecule has 0 aliphatic heterocycles. The number of nitro benzene ring substituents is 2. The molecule has 0 spiro atoms. The Morgan fingerprint density at radius 2 is 2.00 bits per heavy atom. The highest BCUT2D eigenvalue weighted by Crippen LogP contribution is 2.28. The minimum absolute atomic E-state index is 0.132. The van der Waals surface area contributed by atoms with Crippen molar-refractivity contribution in [2.45, 2.75) is 32.6 Å². The van der Waals surface area contributed by atoms with E-state index in [2.05, 4.69) is 17.5 Å². The molecule has 1 aromatic carbocycles. The Balaban J connectivity index is 2.74. The Labute approximate surface area is 115 Å². The van der Waals surface area contributed by atoms with Crippen LogP contribution in [0.4, 0.5) is 17.1 Å². The van der Waals surface area contributed by atoms with Crippen molar-refractivity contribution in [3.63, 3.8) is 0 Å². The molecule has 0 aromatic heterocycles. The van der Waals surface area contributed by atoms with Gasteiger partial charge >= 0.3 is 5.69 Å². The largest absolute Gasteiger partial charge is 0.301 e. The summed E-state index contributed by atoms with van der Waals surface area (Å²) >= 11 is 0. The number of hydrogen-bond donors (Lipinski definition) is 1. The summed E-state index contributed by atoms with van der Waals surface area (Å²) in [7, 11) is 0. The number of hydrogen-bond acceptors (Lipinski definition) is 6. The van der Waals surface area contributed by atoms with Gasteiger partial charge in [0, 0.05) is 12.3 Å². The van der Waals surface area contributed by atoms with Crippen molar-refractivity contribution >= 4 is 23.3 Å². The first-order valence-electron chi connectivity index (χ1n) is 6.26. The highest BCUT2D eigenvalue weighted by molar-refractivity contribution is 5.67. The van der Waals surface area contributed by atoms with Gasteiger partial charge in [-0.1, -0.05) is 19.8 Å². The van der Waals surface area contributed by atoms with Crippen LogP contribution in [0.2, 0.25) is 0 Å². The van der Waals surface area contributed by atoms with E-state index in [-0.39, 0.29) is 17.1 Å². The second kappa shape index (κ2) is 7.82. The zero-order chi connectivity index (χ0) is 15.0. The predicted molar refractivity (Wildman–Crippen MR) is 76.0 cm³/mol. The first-order valence-corrected chi connectivity index (χ1v) is 6.26. The zero-order valence-electron chi connectivity index (χ0n) is 11.1. The van der Waals surface area contributed by atoms with E-state index in [1.165, 1.54) is 12.1 Å². The van der Waals surface area contributed by atoms with E-state index in [0.29, 0.717) is 0 Å². The van der Waals surface area contributed by atoms with Crippen LogP contribution in [-0.4, -0.2) is 16.1 Å². The summed E-state index contributed by atoms with van der Waals surface area (Å²) < 4.78 is 0. The minimum atomic E-state index is -0.679. The van der Waals surface area contributed by atoms with Crippen molar-refractivity contribution in [3.05, 3.63) is 38.4 Å². The molecular formula is C12H16N4O4. The monoisotopic (exact) mass is 280 g/mol. The number of anilines is 1. The van der Waals surface area contributed by atoms with Gasteiger partial charge in [0.1, 0.15) is 5.69 Å². The van der Waals surface area contributed by atoms with E-state index < -0.39 is 9.85 Å². The molecule has 0 bridgehead atoms. The van der Waals surface area contributed by atoms with Crippen LogP contribution in [0.25, 0.3) is 0 Å². The van der Waals surface area contributed by atoms with Gasteiger partial charge < -0.3 is 0 Å². The average Bonchev–Trinajstić information content (AvgIpc) is 2.42. The van der Waals surface area contributed by atoms with E-state index in [1.807, 2.05) is 0 Å². The maximum atomic E-state index is 10.9. The highest BCUT2D eigenvalue weighted by atomic mass is 16.6. The Kier molecular flexibility index (Phi) is 6.08. The predicted octanol–water partition coefficient (Wildman–Crippen LogP) is 3.48. The second-order valence-corrected chi connectivity index (χ2v) is 4.13. The Morgan fingerprint density at radius 1 is 1.25 bits per heavy atom. The van der Waals surface area contributed by atoms with Gasteiger partial charge in [0.05, 0.1) is 15.9 Å². The number of nitrogens with one attached hydrogen (secondary N) is 1. The minimum Gasteiger partial charge on any atom is -0.272 e. The first-order chi connectivity index (χ1) is 9.56. The maximum Gasteiger partial charge on any atom is 0.301 e. The average molecular weight is 280 g/mol. The summed E-state index contributed by atoms with van der Waals surface area (Å²) in [5.41, 5.74) is 1.98. The molecule has 0 saturated heterocycles. The third kappa shape index (κ3) is 4.63. The molecule has 1 rings (SSSR count). The van der Waals surface area contributed by atoms with Crippen molar-refractivity contribution < 1.29 is 9.85 Å². The van der Waals surface area contributed by atoms with Crippen molar-refractivity contribution in [1.82, 2.24) is 0 Å². The third-order valence-corrected chi connectivity index (χ3v) is 2.60. The van der Waals surface area contributed by atoms with Crippen LogP contribution in [0, 0.1) is 20.2 Å². The standard InChI is InChI=1S/C12H16N4O4/c1-2-3-4-5-8-13-14-11-7-6-10(15(17)18)9-12(11)16(19)20/h6-9,14H,2-5H2,1H3. The SMILES string of the molecule is CCCCCC=NNc1ccc([N+](=O)[O-])cc1[N+](=O)[O-]. The molecule has 0 atom stereocenters. The van der Waals surface area contributed by atoms with E-state index in [1.54, 1.807) is 6.21 Å². The van der Waals surface area contributed by atoms with E-state index in [4.69, 9.17) is 0 Å². The normalized spacial score (nSPS) is 10.7. The van der Waals surface area contributed by atoms with Gasteiger partial charge in [-0.15, -0.1) is 0 Å². The molecule has 108 valence electrons. The lowest BCUT2D eigenvalue weighted by atomic mass is 10.2. The molecule has 8 nitrogen and oxygen atoms in total. The number of benzene rings is 1. The highest BCUT2D eigenvalue weighted by Gasteiger charge is 2.18. The van der Waals surface area contributed by atoms with Gasteiger partial charge in [-0.05, 0) is 18.9 Å². The summed E-state index contributed by atoms with van der Waals surface area (Å²) in [6.45, 7) is 2.09. The van der Waals surface area contributed by atoms with Crippen LogP contribution in [0.3, 0.4) is 0 Å². The van der Waals surface area contributed by atoms with Gasteiger partial charge in [-0.25, -0.2) is 0 Å². The van der Waals surface area contributed by atoms with Crippen molar-refractivity contribution in [1.29, 1.82) is 0 Å². The lowest BCUT2D eigenvalue weighted by Gasteiger charge is -2.01. The van der Waals surface area contributed by atoms with Gasteiger partial charge in [0.15, 0.2) is 0 Å². The molecule has 0 saturated carbocycles. The van der Waals surface area contributed by atoms with E-state index in [0.717, 1.165) is 31.7 Å². The summed E-state index contributed by atoms with van der Waals surface area (Å²) in [6, 6.07) is 3.39. The van der Waals surface area contributed by atoms with Crippen LogP contribution < -0.4 is 5.43 Å². The van der Waals surface area contributed by atoms with Crippen molar-refractivity contribution in [2.75, 3.05) is 5.43 Å². The quantitative estimate of drug-likeness (QED) is 0.339. The lowest BCUT2D eigenvalue weighted by molar-refractivity contribution is -0.393. The lowest BCUT2D eigenvalue weighted by Crippen LogP contribution is -1.98. The van der Waals surface area contributed by atoms with E-state index in [9.17, 15) is 20.2 Å². The summed E-state index contributed by atoms with van der Waals surface area (Å²) in [5.74, 6) is 0. The summed E-state index contributed by atoms with van der Waals surface area (Å²) in [5, 5.41) is 25.3. The molecule has 0 heterocycles. The molecule has 0 amide bonds. The summed E-state index contributed by atoms with van der Waals surface area (Å²) in [4.78, 5) is 20.1. The molecule has 20 heavy (non-hydrogen) atoms. The molecule has 0 aliphatic carbocycles. The van der Waals surface area contributed by atoms with Crippen LogP contribution in [-0.2, 0) is 0 Å². The van der Waals surface area contributed by atoms with Crippen molar-refractivity contribution in [2.24, 2.45) is 5.10 Å². The molecule has 0 aliphatic rings. The van der Waals surface area contributed by atoms with Gasteiger partial charge in [-0.2, -0.15) is 5.10 Å². The number of unbranched alkanes of at least 4 members (excludes halogenated alkanes) is 3. The van der Waals surface area contributed by atoms with Crippen LogP contribution >= 0.6 is 0 Å². The molecule has 0 fully saturated rings. The molecule has 1 N–H and O–H groups in total. The number of hydrazone groups is 1. The van der Waals surface area contributed by atoms with Crippen LogP contribution in [0.5, 0.6) is 0 Å². The van der Waals surface area contributed by atoms with Gasteiger partial charge in [0.25, 0.3) is 5.69 Å². The number of nitrogens with zero attached hydrogens (tertiary/aromatic N) is 3. The van der Waals surface area contributed by atoms with Crippen LogP contribution in [0.1, 0.15) is 32.6 Å². The van der Waals surface area contributed by atoms with Gasteiger partial charge in [-0.3, -0.25) is 25.7 Å². The Hall–Kier alpha value is -2.51. The maximum absolute atomic E-state index is 10.9.